The van der Waals surface area contributed by atoms with Crippen LogP contribution in [0, 0.1) is 0 Å². The summed E-state index contributed by atoms with van der Waals surface area (Å²) in [6.45, 7) is 0.994. The molecule has 0 saturated carbocycles. The normalized spacial score (nSPS) is 14.9. The second-order valence-corrected chi connectivity index (χ2v) is 11.6. The molecule has 0 spiro atoms. The maximum atomic E-state index is 14.2. The first-order valence-corrected chi connectivity index (χ1v) is 13.7. The van der Waals surface area contributed by atoms with Crippen LogP contribution >= 0.6 is 23.2 Å². The highest BCUT2D eigenvalue weighted by Gasteiger charge is 2.39. The number of anilines is 1. The van der Waals surface area contributed by atoms with Crippen molar-refractivity contribution in [1.82, 2.24) is 14.1 Å². The zero-order valence-electron chi connectivity index (χ0n) is 20.1. The van der Waals surface area contributed by atoms with Crippen LogP contribution in [-0.4, -0.2) is 71.6 Å². The Morgan fingerprint density at radius 3 is 2.29 bits per heavy atom. The van der Waals surface area contributed by atoms with Crippen molar-refractivity contribution in [3.8, 4) is 0 Å². The molecule has 208 valence electrons. The molecule has 2 aromatic carbocycles. The summed E-state index contributed by atoms with van der Waals surface area (Å²) in [5.74, 6) is -1.77. The minimum absolute atomic E-state index is 0.0910. The van der Waals surface area contributed by atoms with E-state index < -0.39 is 67.9 Å². The number of rotatable bonds is 7. The number of halogens is 5. The van der Waals surface area contributed by atoms with Crippen molar-refractivity contribution in [3.05, 3.63) is 62.6 Å². The molecule has 0 aromatic heterocycles. The number of nitrogens with two attached hydrogens (primary N) is 1. The number of nitrogens with zero attached hydrogens (tertiary/aromatic N) is 3. The Hall–Kier alpha value is -2.74. The van der Waals surface area contributed by atoms with Crippen LogP contribution in [0.25, 0.3) is 0 Å². The largest absolute Gasteiger partial charge is 0.465 e. The van der Waals surface area contributed by atoms with Gasteiger partial charge in [0.15, 0.2) is 0 Å². The summed E-state index contributed by atoms with van der Waals surface area (Å²) < 4.78 is 68.5. The molecular formula is C23H25Cl2F3N4O5S. The fourth-order valence-electron chi connectivity index (χ4n) is 4.00. The standard InChI is InChI=1S/C23H25Cl2F3N4O5S/c1-2-38(36,37)32(12-14-4-3-5-15(24)10-14)21(33)16-11-18(23(26,27)28)17(19(25)20(16)29)13-30-6-8-31(9-7-30)22(34)35/h3-5,10-11H,2,6-9,12-13,29H2,1H3,(H,34,35). The summed E-state index contributed by atoms with van der Waals surface area (Å²) in [5.41, 5.74) is 3.54. The Balaban J connectivity index is 2.04. The lowest BCUT2D eigenvalue weighted by molar-refractivity contribution is -0.138. The fraction of sp³-hybridized carbons (Fsp3) is 0.391. The Labute approximate surface area is 227 Å². The van der Waals surface area contributed by atoms with Gasteiger partial charge in [-0.05, 0) is 36.2 Å². The number of amides is 2. The number of carbonyl (C=O) groups excluding carboxylic acids is 1. The molecule has 2 aromatic rings. The molecule has 0 aliphatic carbocycles. The van der Waals surface area contributed by atoms with Gasteiger partial charge < -0.3 is 15.7 Å². The predicted octanol–water partition coefficient (Wildman–Crippen LogP) is 4.38. The summed E-state index contributed by atoms with van der Waals surface area (Å²) in [6, 6.07) is 6.54. The fourth-order valence-corrected chi connectivity index (χ4v) is 5.49. The summed E-state index contributed by atoms with van der Waals surface area (Å²) in [5, 5.41) is 8.84. The highest BCUT2D eigenvalue weighted by molar-refractivity contribution is 7.89. The molecule has 0 atom stereocenters. The van der Waals surface area contributed by atoms with Crippen LogP contribution in [0.15, 0.2) is 30.3 Å². The van der Waals surface area contributed by atoms with Crippen molar-refractivity contribution in [1.29, 1.82) is 0 Å². The number of alkyl halides is 3. The summed E-state index contributed by atoms with van der Waals surface area (Å²) in [7, 11) is -4.24. The maximum absolute atomic E-state index is 14.2. The third-order valence-corrected chi connectivity index (χ3v) is 8.47. The number of hydrogen-bond acceptors (Lipinski definition) is 6. The first-order chi connectivity index (χ1) is 17.7. The van der Waals surface area contributed by atoms with E-state index in [4.69, 9.17) is 34.0 Å². The van der Waals surface area contributed by atoms with E-state index in [1.165, 1.54) is 25.1 Å². The molecular weight excluding hydrogens is 572 g/mol. The van der Waals surface area contributed by atoms with Crippen LogP contribution in [0.3, 0.4) is 0 Å². The molecule has 15 heteroatoms. The zero-order chi connectivity index (χ0) is 28.4. The molecule has 0 unspecified atom stereocenters. The van der Waals surface area contributed by atoms with E-state index in [1.807, 2.05) is 0 Å². The molecule has 38 heavy (non-hydrogen) atoms. The first-order valence-electron chi connectivity index (χ1n) is 11.3. The van der Waals surface area contributed by atoms with Crippen LogP contribution in [-0.2, 0) is 29.3 Å². The number of hydrogen-bond donors (Lipinski definition) is 2. The minimum Gasteiger partial charge on any atom is -0.465 e. The number of sulfonamides is 1. The van der Waals surface area contributed by atoms with Gasteiger partial charge >= 0.3 is 12.3 Å². The van der Waals surface area contributed by atoms with E-state index in [0.717, 1.165) is 4.90 Å². The Morgan fingerprint density at radius 2 is 1.76 bits per heavy atom. The number of carboxylic acid groups (broad SMARTS) is 1. The van der Waals surface area contributed by atoms with Crippen LogP contribution in [0.1, 0.15) is 34.0 Å². The molecule has 1 fully saturated rings. The van der Waals surface area contributed by atoms with Gasteiger partial charge in [0.05, 0.1) is 34.1 Å². The van der Waals surface area contributed by atoms with Crippen molar-refractivity contribution < 1.29 is 36.3 Å². The van der Waals surface area contributed by atoms with E-state index in [2.05, 4.69) is 0 Å². The van der Waals surface area contributed by atoms with Gasteiger partial charge in [-0.25, -0.2) is 17.5 Å². The lowest BCUT2D eigenvalue weighted by Gasteiger charge is -2.34. The zero-order valence-corrected chi connectivity index (χ0v) is 22.5. The predicted molar refractivity (Wildman–Crippen MR) is 137 cm³/mol. The molecule has 1 heterocycles. The lowest BCUT2D eigenvalue weighted by Crippen LogP contribution is -2.48. The Kier molecular flexibility index (Phi) is 9.07. The van der Waals surface area contributed by atoms with Crippen LogP contribution in [0.4, 0.5) is 23.7 Å². The molecule has 0 bridgehead atoms. The second-order valence-electron chi connectivity index (χ2n) is 8.56. The van der Waals surface area contributed by atoms with Crippen molar-refractivity contribution >= 4 is 50.9 Å². The topological polar surface area (TPSA) is 124 Å². The molecule has 1 saturated heterocycles. The van der Waals surface area contributed by atoms with Crippen molar-refractivity contribution in [2.24, 2.45) is 0 Å². The van der Waals surface area contributed by atoms with Gasteiger partial charge in [-0.3, -0.25) is 9.69 Å². The van der Waals surface area contributed by atoms with Gasteiger partial charge in [-0.1, -0.05) is 35.3 Å². The van der Waals surface area contributed by atoms with Crippen LogP contribution < -0.4 is 5.73 Å². The van der Waals surface area contributed by atoms with E-state index in [9.17, 15) is 31.2 Å². The maximum Gasteiger partial charge on any atom is 0.416 e. The molecule has 0 radical (unpaired) electrons. The van der Waals surface area contributed by atoms with E-state index in [-0.39, 0.29) is 37.7 Å². The van der Waals surface area contributed by atoms with Gasteiger partial charge in [0.25, 0.3) is 5.91 Å². The molecule has 3 rings (SSSR count). The minimum atomic E-state index is -4.95. The number of nitrogen functional groups attached to an aromatic ring is 1. The molecule has 1 aliphatic heterocycles. The van der Waals surface area contributed by atoms with Gasteiger partial charge in [0.2, 0.25) is 10.0 Å². The summed E-state index contributed by atoms with van der Waals surface area (Å²) >= 11 is 12.3. The second kappa shape index (κ2) is 11.6. The lowest BCUT2D eigenvalue weighted by atomic mass is 9.99. The Bertz CT molecular complexity index is 1330. The first kappa shape index (κ1) is 29.8. The summed E-state index contributed by atoms with van der Waals surface area (Å²) in [4.78, 5) is 27.3. The van der Waals surface area contributed by atoms with Gasteiger partial charge in [-0.2, -0.15) is 13.2 Å². The summed E-state index contributed by atoms with van der Waals surface area (Å²) in [6.07, 6.45) is -6.08. The quantitative estimate of drug-likeness (QED) is 0.454. The molecule has 1 aliphatic rings. The number of benzene rings is 2. The molecule has 3 N–H and O–H groups in total. The van der Waals surface area contributed by atoms with Gasteiger partial charge in [0, 0.05) is 37.7 Å². The molecule has 9 nitrogen and oxygen atoms in total. The van der Waals surface area contributed by atoms with E-state index in [1.54, 1.807) is 11.0 Å². The molecule has 2 amide bonds. The van der Waals surface area contributed by atoms with E-state index in [0.29, 0.717) is 15.9 Å². The highest BCUT2D eigenvalue weighted by atomic mass is 35.5. The third-order valence-electron chi connectivity index (χ3n) is 6.11. The Morgan fingerprint density at radius 1 is 1.13 bits per heavy atom. The van der Waals surface area contributed by atoms with Crippen molar-refractivity contribution in [3.63, 3.8) is 0 Å². The average molecular weight is 597 g/mol. The van der Waals surface area contributed by atoms with Crippen molar-refractivity contribution in [2.45, 2.75) is 26.2 Å². The third kappa shape index (κ3) is 6.63. The SMILES string of the molecule is CCS(=O)(=O)N(Cc1cccc(Cl)c1)C(=O)c1cc(C(F)(F)F)c(CN2CCN(C(=O)O)CC2)c(Cl)c1N. The van der Waals surface area contributed by atoms with E-state index >= 15 is 0 Å². The average Bonchev–Trinajstić information content (AvgIpc) is 2.84. The van der Waals surface area contributed by atoms with Crippen LogP contribution in [0.5, 0.6) is 0 Å². The number of piperazine rings is 1. The number of carbonyl (C=O) groups is 2. The monoisotopic (exact) mass is 596 g/mol. The highest BCUT2D eigenvalue weighted by Crippen LogP contribution is 2.41. The van der Waals surface area contributed by atoms with Crippen molar-refractivity contribution in [2.75, 3.05) is 37.7 Å². The van der Waals surface area contributed by atoms with Gasteiger partial charge in [-0.15, -0.1) is 0 Å². The van der Waals surface area contributed by atoms with Crippen LogP contribution in [0.2, 0.25) is 10.0 Å². The smallest absolute Gasteiger partial charge is 0.416 e. The van der Waals surface area contributed by atoms with Gasteiger partial charge in [0.1, 0.15) is 0 Å².